The highest BCUT2D eigenvalue weighted by atomic mass is 32.1. The normalized spacial score (nSPS) is 19.7. The topological polar surface area (TPSA) is 83.4 Å². The van der Waals surface area contributed by atoms with Gasteiger partial charge in [0.1, 0.15) is 0 Å². The Bertz CT molecular complexity index is 449. The van der Waals surface area contributed by atoms with Crippen LogP contribution in [0.25, 0.3) is 0 Å². The zero-order valence-corrected chi connectivity index (χ0v) is 9.80. The number of thiol groups is 1. The molecule has 1 unspecified atom stereocenters. The second kappa shape index (κ2) is 4.70. The molecule has 1 aromatic rings. The highest BCUT2D eigenvalue weighted by molar-refractivity contribution is 7.80. The lowest BCUT2D eigenvalue weighted by Crippen LogP contribution is -2.26. The van der Waals surface area contributed by atoms with Crippen LogP contribution in [-0.4, -0.2) is 39.2 Å². The molecular weight excluding hydrogens is 242 g/mol. The third-order valence-corrected chi connectivity index (χ3v) is 3.11. The van der Waals surface area contributed by atoms with Gasteiger partial charge in [-0.1, -0.05) is 0 Å². The molecule has 7 heteroatoms. The molecule has 1 aliphatic rings. The number of aromatic nitrogens is 2. The van der Waals surface area contributed by atoms with E-state index in [1.54, 1.807) is 0 Å². The first-order valence-corrected chi connectivity index (χ1v) is 5.71. The molecule has 6 nitrogen and oxygen atoms in total. The molecule has 1 amide bonds. The second-order valence-corrected chi connectivity index (χ2v) is 4.20. The van der Waals surface area contributed by atoms with Crippen LogP contribution in [0.15, 0.2) is 12.4 Å². The van der Waals surface area contributed by atoms with Gasteiger partial charge in [-0.05, 0) is 11.7 Å². The molecule has 1 aliphatic heterocycles. The van der Waals surface area contributed by atoms with Crippen molar-refractivity contribution < 1.29 is 14.7 Å². The number of carbonyl (C=O) groups is 2. The number of carbonyl (C=O) groups excluding carboxylic acids is 1. The Hall–Kier alpha value is -1.63. The number of aromatic carboxylic acids is 1. The quantitative estimate of drug-likeness (QED) is 0.764. The summed E-state index contributed by atoms with van der Waals surface area (Å²) in [4.78, 5) is 31.5. The minimum atomic E-state index is -1.09. The van der Waals surface area contributed by atoms with Gasteiger partial charge in [0, 0.05) is 25.4 Å². The number of amides is 1. The van der Waals surface area contributed by atoms with E-state index in [2.05, 4.69) is 22.6 Å². The minimum Gasteiger partial charge on any atom is -0.478 e. The van der Waals surface area contributed by atoms with Crippen molar-refractivity contribution in [3.05, 3.63) is 18.0 Å². The summed E-state index contributed by atoms with van der Waals surface area (Å²) in [5, 5.41) is 8.70. The van der Waals surface area contributed by atoms with Gasteiger partial charge in [0.15, 0.2) is 0 Å². The molecule has 0 bridgehead atoms. The molecule has 0 radical (unpaired) electrons. The first kappa shape index (κ1) is 11.8. The lowest BCUT2D eigenvalue weighted by Gasteiger charge is -2.13. The van der Waals surface area contributed by atoms with Crippen LogP contribution in [0.4, 0.5) is 5.95 Å². The maximum Gasteiger partial charge on any atom is 0.338 e. The molecule has 0 aliphatic carbocycles. The van der Waals surface area contributed by atoms with Crippen molar-refractivity contribution in [3.63, 3.8) is 0 Å². The van der Waals surface area contributed by atoms with Gasteiger partial charge < -0.3 is 5.11 Å². The number of carboxylic acids is 1. The van der Waals surface area contributed by atoms with Crippen LogP contribution in [0.2, 0.25) is 0 Å². The molecule has 0 saturated carbocycles. The fourth-order valence-corrected chi connectivity index (χ4v) is 1.91. The van der Waals surface area contributed by atoms with Crippen LogP contribution in [0.1, 0.15) is 16.8 Å². The Kier molecular flexibility index (Phi) is 3.28. The van der Waals surface area contributed by atoms with Gasteiger partial charge >= 0.3 is 5.97 Å². The summed E-state index contributed by atoms with van der Waals surface area (Å²) in [6.07, 6.45) is 2.84. The lowest BCUT2D eigenvalue weighted by molar-refractivity contribution is -0.117. The monoisotopic (exact) mass is 253 g/mol. The number of anilines is 1. The standard InChI is InChI=1S/C10H11N3O3S/c14-8-1-6(5-17)4-13(8)10-11-2-7(3-12-10)9(15)16/h2-3,6,17H,1,4-5H2,(H,15,16). The molecule has 1 saturated heterocycles. The van der Waals surface area contributed by atoms with E-state index >= 15 is 0 Å². The third kappa shape index (κ3) is 2.38. The highest BCUT2D eigenvalue weighted by Gasteiger charge is 2.31. The maximum atomic E-state index is 11.7. The van der Waals surface area contributed by atoms with E-state index in [9.17, 15) is 9.59 Å². The molecule has 2 heterocycles. The van der Waals surface area contributed by atoms with Gasteiger partial charge in [0.2, 0.25) is 11.9 Å². The van der Waals surface area contributed by atoms with E-state index in [0.29, 0.717) is 18.7 Å². The summed E-state index contributed by atoms with van der Waals surface area (Å²) in [6.45, 7) is 0.536. The smallest absolute Gasteiger partial charge is 0.338 e. The second-order valence-electron chi connectivity index (χ2n) is 3.83. The molecule has 90 valence electrons. The van der Waals surface area contributed by atoms with Crippen molar-refractivity contribution in [1.29, 1.82) is 0 Å². The van der Waals surface area contributed by atoms with Gasteiger partial charge in [-0.25, -0.2) is 14.8 Å². The zero-order valence-electron chi connectivity index (χ0n) is 8.91. The number of carboxylic acid groups (broad SMARTS) is 1. The minimum absolute atomic E-state index is 0.00569. The van der Waals surface area contributed by atoms with Gasteiger partial charge in [-0.15, -0.1) is 0 Å². The van der Waals surface area contributed by atoms with Crippen LogP contribution in [-0.2, 0) is 4.79 Å². The molecule has 1 N–H and O–H groups in total. The van der Waals surface area contributed by atoms with Crippen molar-refractivity contribution in [3.8, 4) is 0 Å². The van der Waals surface area contributed by atoms with Crippen LogP contribution in [0, 0.1) is 5.92 Å². The summed E-state index contributed by atoms with van der Waals surface area (Å²) in [5.74, 6) is -0.0438. The molecule has 0 aromatic carbocycles. The Labute approximate surface area is 103 Å². The molecule has 2 rings (SSSR count). The van der Waals surface area contributed by atoms with E-state index in [4.69, 9.17) is 5.11 Å². The van der Waals surface area contributed by atoms with Crippen molar-refractivity contribution in [2.24, 2.45) is 5.92 Å². The molecular formula is C10H11N3O3S. The van der Waals surface area contributed by atoms with Crippen molar-refractivity contribution >= 4 is 30.5 Å². The zero-order chi connectivity index (χ0) is 12.4. The van der Waals surface area contributed by atoms with Gasteiger partial charge in [-0.3, -0.25) is 9.69 Å². The summed E-state index contributed by atoms with van der Waals surface area (Å²) in [6, 6.07) is 0. The van der Waals surface area contributed by atoms with Crippen molar-refractivity contribution in [2.75, 3.05) is 17.2 Å². The van der Waals surface area contributed by atoms with E-state index in [1.807, 2.05) is 0 Å². The van der Waals surface area contributed by atoms with Crippen molar-refractivity contribution in [2.45, 2.75) is 6.42 Å². The Morgan fingerprint density at radius 1 is 1.53 bits per heavy atom. The lowest BCUT2D eigenvalue weighted by atomic mass is 10.1. The van der Waals surface area contributed by atoms with Crippen LogP contribution in [0.3, 0.4) is 0 Å². The first-order valence-electron chi connectivity index (χ1n) is 5.08. The van der Waals surface area contributed by atoms with E-state index in [1.165, 1.54) is 17.3 Å². The van der Waals surface area contributed by atoms with E-state index in [-0.39, 0.29) is 23.3 Å². The molecule has 1 fully saturated rings. The van der Waals surface area contributed by atoms with Gasteiger partial charge in [0.25, 0.3) is 0 Å². The molecule has 1 atom stereocenters. The largest absolute Gasteiger partial charge is 0.478 e. The molecule has 1 aromatic heterocycles. The first-order chi connectivity index (χ1) is 8.11. The fourth-order valence-electron chi connectivity index (χ4n) is 1.67. The predicted molar refractivity (Wildman–Crippen MR) is 63.3 cm³/mol. The Morgan fingerprint density at radius 3 is 2.65 bits per heavy atom. The van der Waals surface area contributed by atoms with Gasteiger partial charge in [0.05, 0.1) is 5.56 Å². The van der Waals surface area contributed by atoms with Crippen molar-refractivity contribution in [1.82, 2.24) is 9.97 Å². The van der Waals surface area contributed by atoms with Crippen LogP contribution < -0.4 is 4.90 Å². The summed E-state index contributed by atoms with van der Waals surface area (Å²) in [5.41, 5.74) is 0.00569. The van der Waals surface area contributed by atoms with Crippen LogP contribution >= 0.6 is 12.6 Å². The average molecular weight is 253 g/mol. The fraction of sp³-hybridized carbons (Fsp3) is 0.400. The van der Waals surface area contributed by atoms with Crippen LogP contribution in [0.5, 0.6) is 0 Å². The summed E-state index contributed by atoms with van der Waals surface area (Å²) in [7, 11) is 0. The summed E-state index contributed by atoms with van der Waals surface area (Å²) >= 11 is 4.16. The summed E-state index contributed by atoms with van der Waals surface area (Å²) < 4.78 is 0. The molecule has 17 heavy (non-hydrogen) atoms. The third-order valence-electron chi connectivity index (χ3n) is 2.59. The number of rotatable bonds is 3. The van der Waals surface area contributed by atoms with Gasteiger partial charge in [-0.2, -0.15) is 12.6 Å². The molecule has 0 spiro atoms. The Balaban J connectivity index is 2.18. The SMILES string of the molecule is O=C(O)c1cnc(N2CC(CS)CC2=O)nc1. The number of nitrogens with zero attached hydrogens (tertiary/aromatic N) is 3. The van der Waals surface area contributed by atoms with E-state index in [0.717, 1.165) is 0 Å². The number of hydrogen-bond donors (Lipinski definition) is 2. The maximum absolute atomic E-state index is 11.7. The Morgan fingerprint density at radius 2 is 2.18 bits per heavy atom. The van der Waals surface area contributed by atoms with E-state index < -0.39 is 5.97 Å². The highest BCUT2D eigenvalue weighted by Crippen LogP contribution is 2.22. The predicted octanol–water partition coefficient (Wildman–Crippen LogP) is 0.457. The number of hydrogen-bond acceptors (Lipinski definition) is 5. The average Bonchev–Trinajstić information content (AvgIpc) is 2.71.